The summed E-state index contributed by atoms with van der Waals surface area (Å²) in [7, 11) is 0. The van der Waals surface area contributed by atoms with E-state index < -0.39 is 11.7 Å². The predicted octanol–water partition coefficient (Wildman–Crippen LogP) is 1.72. The highest BCUT2D eigenvalue weighted by Gasteiger charge is 2.19. The van der Waals surface area contributed by atoms with Gasteiger partial charge in [-0.2, -0.15) is 0 Å². The maximum absolute atomic E-state index is 9.48. The summed E-state index contributed by atoms with van der Waals surface area (Å²) in [5.41, 5.74) is -0.777. The van der Waals surface area contributed by atoms with E-state index in [-0.39, 0.29) is 0 Å². The molecule has 0 heterocycles. The van der Waals surface area contributed by atoms with E-state index >= 15 is 0 Å². The number of rotatable bonds is 5. The highest BCUT2D eigenvalue weighted by atomic mass is 16.3. The van der Waals surface area contributed by atoms with E-state index in [0.717, 1.165) is 0 Å². The fraction of sp³-hybridized carbons (Fsp3) is 0.800. The lowest BCUT2D eigenvalue weighted by molar-refractivity contribution is 0.0130. The third-order valence-electron chi connectivity index (χ3n) is 1.78. The molecule has 2 heteroatoms. The van der Waals surface area contributed by atoms with Crippen LogP contribution in [-0.2, 0) is 0 Å². The first kappa shape index (κ1) is 11.7. The van der Waals surface area contributed by atoms with E-state index in [4.69, 9.17) is 0 Å². The molecule has 0 aromatic heterocycles. The third kappa shape index (κ3) is 6.38. The van der Waals surface area contributed by atoms with Crippen molar-refractivity contribution >= 4 is 0 Å². The van der Waals surface area contributed by atoms with Gasteiger partial charge in [0.05, 0.1) is 11.7 Å². The Balaban J connectivity index is 3.74. The zero-order valence-corrected chi connectivity index (χ0v) is 8.25. The molecule has 0 saturated heterocycles. The Morgan fingerprint density at radius 3 is 2.33 bits per heavy atom. The van der Waals surface area contributed by atoms with E-state index in [2.05, 4.69) is 6.58 Å². The molecule has 0 rings (SSSR count). The van der Waals surface area contributed by atoms with Gasteiger partial charge in [-0.1, -0.05) is 13.0 Å². The van der Waals surface area contributed by atoms with Gasteiger partial charge in [0.25, 0.3) is 0 Å². The molecular formula is C10H20O2. The maximum Gasteiger partial charge on any atom is 0.0616 e. The highest BCUT2D eigenvalue weighted by molar-refractivity contribution is 4.80. The fourth-order valence-electron chi connectivity index (χ4n) is 1.19. The highest BCUT2D eigenvalue weighted by Crippen LogP contribution is 2.16. The molecule has 2 nitrogen and oxygen atoms in total. The van der Waals surface area contributed by atoms with Gasteiger partial charge in [0.15, 0.2) is 0 Å². The second kappa shape index (κ2) is 4.63. The quantitative estimate of drug-likeness (QED) is 0.620. The van der Waals surface area contributed by atoms with Gasteiger partial charge in [0, 0.05) is 6.42 Å². The first-order chi connectivity index (χ1) is 5.35. The van der Waals surface area contributed by atoms with Gasteiger partial charge in [-0.15, -0.1) is 6.58 Å². The topological polar surface area (TPSA) is 40.5 Å². The minimum atomic E-state index is -0.777. The second-order valence-corrected chi connectivity index (χ2v) is 4.12. The van der Waals surface area contributed by atoms with Crippen molar-refractivity contribution < 1.29 is 10.2 Å². The lowest BCUT2D eigenvalue weighted by Crippen LogP contribution is -2.27. The summed E-state index contributed by atoms with van der Waals surface area (Å²) >= 11 is 0. The summed E-state index contributed by atoms with van der Waals surface area (Å²) in [6.45, 7) is 9.04. The van der Waals surface area contributed by atoms with Crippen LogP contribution in [0, 0.1) is 5.92 Å². The van der Waals surface area contributed by atoms with Crippen LogP contribution >= 0.6 is 0 Å². The van der Waals surface area contributed by atoms with Crippen molar-refractivity contribution in [1.82, 2.24) is 0 Å². The van der Waals surface area contributed by atoms with Crippen LogP contribution in [-0.4, -0.2) is 21.9 Å². The molecule has 0 radical (unpaired) electrons. The Kier molecular flexibility index (Phi) is 4.50. The summed E-state index contributed by atoms with van der Waals surface area (Å²) in [5.74, 6) is 0.308. The lowest BCUT2D eigenvalue weighted by atomic mass is 9.94. The smallest absolute Gasteiger partial charge is 0.0616 e. The van der Waals surface area contributed by atoms with Crippen LogP contribution in [0.3, 0.4) is 0 Å². The van der Waals surface area contributed by atoms with Crippen LogP contribution < -0.4 is 0 Å². The van der Waals surface area contributed by atoms with Crippen LogP contribution in [0.25, 0.3) is 0 Å². The SMILES string of the molecule is C=C[C@H](C)C[C@@H](O)CC(C)(C)O. The monoisotopic (exact) mass is 172 g/mol. The van der Waals surface area contributed by atoms with Gasteiger partial charge in [0.2, 0.25) is 0 Å². The molecule has 0 aromatic rings. The molecule has 2 atom stereocenters. The average molecular weight is 172 g/mol. The number of aliphatic hydroxyl groups is 2. The van der Waals surface area contributed by atoms with Crippen molar-refractivity contribution in [2.24, 2.45) is 5.92 Å². The largest absolute Gasteiger partial charge is 0.393 e. The van der Waals surface area contributed by atoms with Gasteiger partial charge < -0.3 is 10.2 Å². The average Bonchev–Trinajstić information content (AvgIpc) is 1.82. The Bertz CT molecular complexity index is 135. The summed E-state index contributed by atoms with van der Waals surface area (Å²) in [6, 6.07) is 0. The Morgan fingerprint density at radius 2 is 2.00 bits per heavy atom. The lowest BCUT2D eigenvalue weighted by Gasteiger charge is -2.22. The van der Waals surface area contributed by atoms with E-state index in [1.165, 1.54) is 0 Å². The first-order valence-corrected chi connectivity index (χ1v) is 4.38. The zero-order valence-electron chi connectivity index (χ0n) is 8.25. The van der Waals surface area contributed by atoms with Gasteiger partial charge in [-0.05, 0) is 26.2 Å². The van der Waals surface area contributed by atoms with Gasteiger partial charge in [0.1, 0.15) is 0 Å². The molecule has 0 aliphatic carbocycles. The molecular weight excluding hydrogens is 152 g/mol. The van der Waals surface area contributed by atoms with Gasteiger partial charge >= 0.3 is 0 Å². The van der Waals surface area contributed by atoms with Crippen molar-refractivity contribution in [3.63, 3.8) is 0 Å². The van der Waals surface area contributed by atoms with Crippen molar-refractivity contribution in [2.75, 3.05) is 0 Å². The van der Waals surface area contributed by atoms with Crippen molar-refractivity contribution in [3.05, 3.63) is 12.7 Å². The van der Waals surface area contributed by atoms with Crippen LogP contribution in [0.4, 0.5) is 0 Å². The summed E-state index contributed by atoms with van der Waals surface area (Å²) in [5, 5.41) is 18.9. The maximum atomic E-state index is 9.48. The normalized spacial score (nSPS) is 17.1. The molecule has 72 valence electrons. The number of hydrogen-bond donors (Lipinski definition) is 2. The first-order valence-electron chi connectivity index (χ1n) is 4.38. The fourth-order valence-corrected chi connectivity index (χ4v) is 1.19. The Labute approximate surface area is 74.9 Å². The number of hydrogen-bond acceptors (Lipinski definition) is 2. The third-order valence-corrected chi connectivity index (χ3v) is 1.78. The molecule has 0 unspecified atom stereocenters. The van der Waals surface area contributed by atoms with Crippen LogP contribution in [0.5, 0.6) is 0 Å². The van der Waals surface area contributed by atoms with Gasteiger partial charge in [-0.25, -0.2) is 0 Å². The predicted molar refractivity (Wildman–Crippen MR) is 50.9 cm³/mol. The van der Waals surface area contributed by atoms with E-state index in [1.54, 1.807) is 13.8 Å². The van der Waals surface area contributed by atoms with E-state index in [0.29, 0.717) is 18.8 Å². The van der Waals surface area contributed by atoms with Crippen molar-refractivity contribution in [3.8, 4) is 0 Å². The van der Waals surface area contributed by atoms with Crippen LogP contribution in [0.15, 0.2) is 12.7 Å². The molecule has 0 aliphatic rings. The van der Waals surface area contributed by atoms with Gasteiger partial charge in [-0.3, -0.25) is 0 Å². The minimum absolute atomic E-state index is 0.308. The molecule has 0 spiro atoms. The molecule has 0 saturated carbocycles. The summed E-state index contributed by atoms with van der Waals surface area (Å²) in [4.78, 5) is 0. The molecule has 12 heavy (non-hydrogen) atoms. The molecule has 0 bridgehead atoms. The minimum Gasteiger partial charge on any atom is -0.393 e. The van der Waals surface area contributed by atoms with Crippen LogP contribution in [0.1, 0.15) is 33.6 Å². The molecule has 2 N–H and O–H groups in total. The number of allylic oxidation sites excluding steroid dienone is 1. The van der Waals surface area contributed by atoms with Crippen molar-refractivity contribution in [1.29, 1.82) is 0 Å². The molecule has 0 amide bonds. The summed E-state index contributed by atoms with van der Waals surface area (Å²) in [6.07, 6.45) is 2.48. The second-order valence-electron chi connectivity index (χ2n) is 4.12. The Hall–Kier alpha value is -0.340. The summed E-state index contributed by atoms with van der Waals surface area (Å²) < 4.78 is 0. The standard InChI is InChI=1S/C10H20O2/c1-5-8(2)6-9(11)7-10(3,4)12/h5,8-9,11-12H,1,6-7H2,2-4H3/t8-,9+/m0/s1. The number of aliphatic hydroxyl groups excluding tert-OH is 1. The Morgan fingerprint density at radius 1 is 1.50 bits per heavy atom. The van der Waals surface area contributed by atoms with Crippen LogP contribution in [0.2, 0.25) is 0 Å². The molecule has 0 fully saturated rings. The molecule has 0 aliphatic heterocycles. The van der Waals surface area contributed by atoms with E-state index in [1.807, 2.05) is 13.0 Å². The molecule has 0 aromatic carbocycles. The van der Waals surface area contributed by atoms with Crippen molar-refractivity contribution in [2.45, 2.75) is 45.3 Å². The van der Waals surface area contributed by atoms with E-state index in [9.17, 15) is 10.2 Å². The zero-order chi connectivity index (χ0) is 9.78.